The van der Waals surface area contributed by atoms with Crippen LogP contribution in [0.25, 0.3) is 0 Å². The maximum Gasteiger partial charge on any atom is 0.246 e. The minimum absolute atomic E-state index is 0.00659. The van der Waals surface area contributed by atoms with E-state index in [9.17, 15) is 8.42 Å². The fraction of sp³-hybridized carbons (Fsp3) is 0.500. The zero-order chi connectivity index (χ0) is 13.1. The van der Waals surface area contributed by atoms with Crippen molar-refractivity contribution in [2.45, 2.75) is 17.9 Å². The number of hydrogen-bond donors (Lipinski definition) is 0. The van der Waals surface area contributed by atoms with Crippen molar-refractivity contribution in [2.75, 3.05) is 20.8 Å². The molecule has 1 aromatic rings. The van der Waals surface area contributed by atoms with Gasteiger partial charge >= 0.3 is 0 Å². The van der Waals surface area contributed by atoms with E-state index in [4.69, 9.17) is 16.3 Å². The molecular formula is C10H15ClN2O3S. The molecule has 0 aliphatic rings. The molecule has 0 aliphatic carbocycles. The summed E-state index contributed by atoms with van der Waals surface area (Å²) in [5.41, 5.74) is 0. The number of ether oxygens (including phenoxy) is 1. The maximum absolute atomic E-state index is 12.2. The van der Waals surface area contributed by atoms with Crippen molar-refractivity contribution in [2.24, 2.45) is 0 Å². The minimum Gasteiger partial charge on any atom is -0.383 e. The summed E-state index contributed by atoms with van der Waals surface area (Å²) >= 11 is 5.86. The van der Waals surface area contributed by atoms with Gasteiger partial charge in [-0.2, -0.15) is 4.31 Å². The smallest absolute Gasteiger partial charge is 0.246 e. The summed E-state index contributed by atoms with van der Waals surface area (Å²) in [5.74, 6) is 0. The Labute approximate surface area is 106 Å². The topological polar surface area (TPSA) is 59.5 Å². The lowest BCUT2D eigenvalue weighted by molar-refractivity contribution is 0.149. The second-order valence-electron chi connectivity index (χ2n) is 3.63. The Bertz CT molecular complexity index is 478. The highest BCUT2D eigenvalue weighted by Crippen LogP contribution is 2.23. The third kappa shape index (κ3) is 3.16. The molecule has 0 spiro atoms. The number of halogens is 1. The predicted octanol–water partition coefficient (Wildman–Crippen LogP) is 1.39. The van der Waals surface area contributed by atoms with Crippen molar-refractivity contribution in [3.8, 4) is 0 Å². The first kappa shape index (κ1) is 14.4. The van der Waals surface area contributed by atoms with Crippen molar-refractivity contribution in [3.05, 3.63) is 23.5 Å². The van der Waals surface area contributed by atoms with Crippen molar-refractivity contribution < 1.29 is 13.2 Å². The highest BCUT2D eigenvalue weighted by atomic mass is 35.5. The van der Waals surface area contributed by atoms with Crippen LogP contribution in [0.4, 0.5) is 0 Å². The quantitative estimate of drug-likeness (QED) is 0.817. The maximum atomic E-state index is 12.2. The largest absolute Gasteiger partial charge is 0.383 e. The van der Waals surface area contributed by atoms with Crippen LogP contribution in [0.5, 0.6) is 0 Å². The van der Waals surface area contributed by atoms with E-state index in [1.807, 2.05) is 0 Å². The van der Waals surface area contributed by atoms with Gasteiger partial charge in [0.15, 0.2) is 0 Å². The molecule has 0 radical (unpaired) electrons. The number of aromatic nitrogens is 1. The molecule has 1 unspecified atom stereocenters. The molecule has 17 heavy (non-hydrogen) atoms. The Hall–Kier alpha value is -0.690. The number of rotatable bonds is 5. The van der Waals surface area contributed by atoms with Crippen LogP contribution in [-0.2, 0) is 14.8 Å². The number of nitrogens with zero attached hydrogens (tertiary/aromatic N) is 2. The first-order chi connectivity index (χ1) is 7.91. The third-order valence-corrected chi connectivity index (χ3v) is 4.86. The fourth-order valence-electron chi connectivity index (χ4n) is 1.29. The van der Waals surface area contributed by atoms with Gasteiger partial charge in [0.2, 0.25) is 10.0 Å². The first-order valence-corrected chi connectivity index (χ1v) is 6.79. The van der Waals surface area contributed by atoms with Gasteiger partial charge in [0.25, 0.3) is 0 Å². The molecule has 0 N–H and O–H groups in total. The van der Waals surface area contributed by atoms with E-state index in [1.54, 1.807) is 6.92 Å². The number of likely N-dealkylation sites (N-methyl/N-ethyl adjacent to an activating group) is 1. The van der Waals surface area contributed by atoms with Crippen LogP contribution in [0.2, 0.25) is 5.02 Å². The molecule has 7 heteroatoms. The van der Waals surface area contributed by atoms with Crippen LogP contribution in [0.15, 0.2) is 23.4 Å². The van der Waals surface area contributed by atoms with Gasteiger partial charge in [0.1, 0.15) is 4.90 Å². The van der Waals surface area contributed by atoms with Gasteiger partial charge in [0.05, 0.1) is 11.6 Å². The zero-order valence-corrected chi connectivity index (χ0v) is 11.5. The van der Waals surface area contributed by atoms with Crippen LogP contribution in [0.3, 0.4) is 0 Å². The van der Waals surface area contributed by atoms with E-state index in [2.05, 4.69) is 4.98 Å². The normalized spacial score (nSPS) is 13.9. The molecule has 1 atom stereocenters. The molecule has 0 amide bonds. The molecule has 0 aliphatic heterocycles. The van der Waals surface area contributed by atoms with Gasteiger partial charge in [-0.25, -0.2) is 8.42 Å². The summed E-state index contributed by atoms with van der Waals surface area (Å²) in [6.45, 7) is 2.07. The first-order valence-electron chi connectivity index (χ1n) is 4.97. The van der Waals surface area contributed by atoms with Crippen molar-refractivity contribution in [1.82, 2.24) is 9.29 Å². The monoisotopic (exact) mass is 278 g/mol. The Kier molecular flexibility index (Phi) is 4.88. The summed E-state index contributed by atoms with van der Waals surface area (Å²) in [4.78, 5) is 3.78. The van der Waals surface area contributed by atoms with Crippen molar-refractivity contribution in [1.29, 1.82) is 0 Å². The molecule has 0 saturated carbocycles. The van der Waals surface area contributed by atoms with E-state index in [0.717, 1.165) is 0 Å². The summed E-state index contributed by atoms with van der Waals surface area (Å²) in [5, 5.41) is 0.163. The fourth-order valence-corrected chi connectivity index (χ4v) is 3.04. The third-order valence-electron chi connectivity index (χ3n) is 2.42. The summed E-state index contributed by atoms with van der Waals surface area (Å²) in [6, 6.07) is 1.17. The Morgan fingerprint density at radius 2 is 2.24 bits per heavy atom. The second kappa shape index (κ2) is 5.77. The lowest BCUT2D eigenvalue weighted by Gasteiger charge is -2.23. The summed E-state index contributed by atoms with van der Waals surface area (Å²) < 4.78 is 30.6. The second-order valence-corrected chi connectivity index (χ2v) is 6.00. The standard InChI is InChI=1S/C10H15ClN2O3S/c1-8(7-16-3)13(2)17(14,15)10-6-12-5-4-9(10)11/h4-6,8H,7H2,1-3H3. The van der Waals surface area contributed by atoms with Crippen LogP contribution in [0.1, 0.15) is 6.92 Å². The molecule has 5 nitrogen and oxygen atoms in total. The van der Waals surface area contributed by atoms with Crippen LogP contribution >= 0.6 is 11.6 Å². The van der Waals surface area contributed by atoms with Crippen molar-refractivity contribution >= 4 is 21.6 Å². The molecule has 0 fully saturated rings. The van der Waals surface area contributed by atoms with E-state index in [0.29, 0.717) is 6.61 Å². The Morgan fingerprint density at radius 1 is 1.59 bits per heavy atom. The van der Waals surface area contributed by atoms with Gasteiger partial charge in [-0.15, -0.1) is 0 Å². The van der Waals surface area contributed by atoms with Gasteiger partial charge in [0, 0.05) is 32.6 Å². The predicted molar refractivity (Wildman–Crippen MR) is 65.5 cm³/mol. The lowest BCUT2D eigenvalue weighted by Crippen LogP contribution is -2.37. The number of pyridine rings is 1. The highest BCUT2D eigenvalue weighted by molar-refractivity contribution is 7.89. The van der Waals surface area contributed by atoms with Gasteiger partial charge in [-0.1, -0.05) is 11.6 Å². The molecule has 1 aromatic heterocycles. The SMILES string of the molecule is COCC(C)N(C)S(=O)(=O)c1cnccc1Cl. The van der Waals surface area contributed by atoms with Crippen LogP contribution in [-0.4, -0.2) is 44.5 Å². The van der Waals surface area contributed by atoms with Crippen LogP contribution in [0, 0.1) is 0 Å². The average molecular weight is 279 g/mol. The molecule has 1 rings (SSSR count). The van der Waals surface area contributed by atoms with Gasteiger partial charge < -0.3 is 4.74 Å². The van der Waals surface area contributed by atoms with Crippen LogP contribution < -0.4 is 0 Å². The van der Waals surface area contributed by atoms with Gasteiger partial charge in [-0.3, -0.25) is 4.98 Å². The number of methoxy groups -OCH3 is 1. The van der Waals surface area contributed by atoms with E-state index in [1.165, 1.54) is 36.9 Å². The minimum atomic E-state index is -3.63. The molecule has 0 bridgehead atoms. The van der Waals surface area contributed by atoms with E-state index >= 15 is 0 Å². The Balaban J connectivity index is 3.08. The van der Waals surface area contributed by atoms with Gasteiger partial charge in [-0.05, 0) is 13.0 Å². The summed E-state index contributed by atoms with van der Waals surface area (Å²) in [6.07, 6.45) is 2.69. The molecule has 0 saturated heterocycles. The molecular weight excluding hydrogens is 264 g/mol. The molecule has 96 valence electrons. The zero-order valence-electron chi connectivity index (χ0n) is 9.92. The Morgan fingerprint density at radius 3 is 2.76 bits per heavy atom. The summed E-state index contributed by atoms with van der Waals surface area (Å²) in [7, 11) is -0.622. The highest BCUT2D eigenvalue weighted by Gasteiger charge is 2.27. The lowest BCUT2D eigenvalue weighted by atomic mass is 10.4. The van der Waals surface area contributed by atoms with E-state index < -0.39 is 10.0 Å². The molecule has 0 aromatic carbocycles. The van der Waals surface area contributed by atoms with Crippen molar-refractivity contribution in [3.63, 3.8) is 0 Å². The number of hydrogen-bond acceptors (Lipinski definition) is 4. The molecule has 1 heterocycles. The average Bonchev–Trinajstić information content (AvgIpc) is 2.28. The van der Waals surface area contributed by atoms with E-state index in [-0.39, 0.29) is 16.0 Å². The number of sulfonamides is 1.